The number of fused-ring (bicyclic) bond motifs is 1. The number of benzene rings is 2. The van der Waals surface area contributed by atoms with Gasteiger partial charge in [0.1, 0.15) is 0 Å². The van der Waals surface area contributed by atoms with Gasteiger partial charge in [0.25, 0.3) is 0 Å². The molecular formula is C20H18N4O2. The van der Waals surface area contributed by atoms with Crippen LogP contribution in [0.15, 0.2) is 59.4 Å². The van der Waals surface area contributed by atoms with Crippen molar-refractivity contribution in [2.45, 2.75) is 18.9 Å². The summed E-state index contributed by atoms with van der Waals surface area (Å²) in [4.78, 5) is 9.03. The first-order valence-corrected chi connectivity index (χ1v) is 8.77. The van der Waals surface area contributed by atoms with E-state index in [9.17, 15) is 0 Å². The fourth-order valence-electron chi connectivity index (χ4n) is 3.39. The van der Waals surface area contributed by atoms with Gasteiger partial charge in [-0.1, -0.05) is 35.5 Å². The van der Waals surface area contributed by atoms with Crippen molar-refractivity contribution in [2.75, 3.05) is 13.2 Å². The van der Waals surface area contributed by atoms with Gasteiger partial charge >= 0.3 is 0 Å². The van der Waals surface area contributed by atoms with Crippen LogP contribution >= 0.6 is 0 Å². The molecule has 130 valence electrons. The lowest BCUT2D eigenvalue weighted by Gasteiger charge is -2.06. The Balaban J connectivity index is 1.42. The summed E-state index contributed by atoms with van der Waals surface area (Å²) in [7, 11) is 0. The largest absolute Gasteiger partial charge is 0.381 e. The molecule has 0 N–H and O–H groups in total. The molecule has 0 radical (unpaired) electrons. The second-order valence-electron chi connectivity index (χ2n) is 6.58. The van der Waals surface area contributed by atoms with Crippen LogP contribution in [0.25, 0.3) is 22.4 Å². The Morgan fingerprint density at radius 2 is 2.08 bits per heavy atom. The molecule has 1 fully saturated rings. The van der Waals surface area contributed by atoms with E-state index in [1.165, 1.54) is 5.56 Å². The summed E-state index contributed by atoms with van der Waals surface area (Å²) in [5.74, 6) is 1.52. The van der Waals surface area contributed by atoms with Gasteiger partial charge in [0, 0.05) is 18.7 Å². The fraction of sp³-hybridized carbons (Fsp3) is 0.250. The summed E-state index contributed by atoms with van der Waals surface area (Å²) in [5.41, 5.74) is 4.26. The Bertz CT molecular complexity index is 1050. The maximum atomic E-state index is 5.45. The Hall–Kier alpha value is -2.99. The van der Waals surface area contributed by atoms with E-state index in [1.807, 2.05) is 36.7 Å². The van der Waals surface area contributed by atoms with Crippen molar-refractivity contribution in [3.05, 3.63) is 66.3 Å². The summed E-state index contributed by atoms with van der Waals surface area (Å²) >= 11 is 0. The van der Waals surface area contributed by atoms with Gasteiger partial charge in [-0.3, -0.25) is 0 Å². The molecule has 0 unspecified atom stereocenters. The molecule has 1 atom stereocenters. The van der Waals surface area contributed by atoms with Crippen LogP contribution in [0.2, 0.25) is 0 Å². The van der Waals surface area contributed by atoms with E-state index in [0.29, 0.717) is 18.3 Å². The molecule has 6 heteroatoms. The highest BCUT2D eigenvalue weighted by Crippen LogP contribution is 2.26. The summed E-state index contributed by atoms with van der Waals surface area (Å²) in [5, 5.41) is 4.16. The smallest absolute Gasteiger partial charge is 0.232 e. The zero-order valence-corrected chi connectivity index (χ0v) is 14.2. The molecule has 26 heavy (non-hydrogen) atoms. The maximum absolute atomic E-state index is 5.45. The van der Waals surface area contributed by atoms with Gasteiger partial charge in [0.15, 0.2) is 0 Å². The molecule has 3 heterocycles. The summed E-state index contributed by atoms with van der Waals surface area (Å²) in [6.45, 7) is 2.17. The van der Waals surface area contributed by atoms with Gasteiger partial charge < -0.3 is 13.8 Å². The Labute approximate surface area is 150 Å². The van der Waals surface area contributed by atoms with Crippen LogP contribution in [0.4, 0.5) is 0 Å². The Kier molecular flexibility index (Phi) is 3.75. The minimum atomic E-state index is 0.219. The second kappa shape index (κ2) is 6.38. The average molecular weight is 346 g/mol. The van der Waals surface area contributed by atoms with Crippen LogP contribution in [0.3, 0.4) is 0 Å². The van der Waals surface area contributed by atoms with E-state index >= 15 is 0 Å². The Morgan fingerprint density at radius 1 is 1.12 bits per heavy atom. The van der Waals surface area contributed by atoms with Gasteiger partial charge in [-0.15, -0.1) is 0 Å². The Morgan fingerprint density at radius 3 is 3.00 bits per heavy atom. The highest BCUT2D eigenvalue weighted by molar-refractivity contribution is 5.75. The number of para-hydroxylation sites is 2. The van der Waals surface area contributed by atoms with E-state index < -0.39 is 0 Å². The van der Waals surface area contributed by atoms with Gasteiger partial charge in [0.05, 0.1) is 29.9 Å². The summed E-state index contributed by atoms with van der Waals surface area (Å²) < 4.78 is 13.0. The van der Waals surface area contributed by atoms with E-state index in [2.05, 4.69) is 37.9 Å². The van der Waals surface area contributed by atoms with Crippen molar-refractivity contribution in [3.63, 3.8) is 0 Å². The predicted octanol–water partition coefficient (Wildman–Crippen LogP) is 3.64. The molecule has 4 aromatic rings. The van der Waals surface area contributed by atoms with Crippen LogP contribution in [-0.2, 0) is 11.3 Å². The van der Waals surface area contributed by atoms with Crippen molar-refractivity contribution in [1.29, 1.82) is 0 Å². The van der Waals surface area contributed by atoms with Crippen molar-refractivity contribution >= 4 is 11.0 Å². The summed E-state index contributed by atoms with van der Waals surface area (Å²) in [6.07, 6.45) is 2.82. The molecule has 1 aliphatic rings. The number of ether oxygens (including phenoxy) is 1. The normalized spacial score (nSPS) is 17.2. The number of aromatic nitrogens is 4. The zero-order chi connectivity index (χ0) is 17.3. The second-order valence-corrected chi connectivity index (χ2v) is 6.58. The van der Waals surface area contributed by atoms with Crippen molar-refractivity contribution in [2.24, 2.45) is 0 Å². The lowest BCUT2D eigenvalue weighted by Crippen LogP contribution is -1.99. The lowest BCUT2D eigenvalue weighted by molar-refractivity contribution is 0.189. The maximum Gasteiger partial charge on any atom is 0.232 e. The number of nitrogens with zero attached hydrogens (tertiary/aromatic N) is 4. The van der Waals surface area contributed by atoms with Crippen LogP contribution in [0.1, 0.15) is 23.8 Å². The van der Waals surface area contributed by atoms with E-state index in [-0.39, 0.29) is 5.92 Å². The molecule has 2 aromatic carbocycles. The van der Waals surface area contributed by atoms with Crippen LogP contribution in [0.5, 0.6) is 0 Å². The minimum absolute atomic E-state index is 0.219. The quantitative estimate of drug-likeness (QED) is 0.564. The molecular weight excluding hydrogens is 328 g/mol. The molecule has 0 bridgehead atoms. The van der Waals surface area contributed by atoms with E-state index in [4.69, 9.17) is 9.26 Å². The van der Waals surface area contributed by atoms with Gasteiger partial charge in [-0.25, -0.2) is 4.98 Å². The molecule has 0 saturated carbocycles. The molecule has 0 aliphatic carbocycles. The van der Waals surface area contributed by atoms with Crippen molar-refractivity contribution in [3.8, 4) is 11.4 Å². The molecule has 2 aromatic heterocycles. The molecule has 0 amide bonds. The van der Waals surface area contributed by atoms with E-state index in [1.54, 1.807) is 0 Å². The first kappa shape index (κ1) is 15.3. The third-order valence-corrected chi connectivity index (χ3v) is 4.79. The minimum Gasteiger partial charge on any atom is -0.381 e. The first-order chi connectivity index (χ1) is 12.9. The lowest BCUT2D eigenvalue weighted by atomic mass is 10.1. The fourth-order valence-corrected chi connectivity index (χ4v) is 3.39. The van der Waals surface area contributed by atoms with Crippen LogP contribution < -0.4 is 0 Å². The van der Waals surface area contributed by atoms with Crippen molar-refractivity contribution < 1.29 is 9.26 Å². The van der Waals surface area contributed by atoms with Crippen LogP contribution in [0, 0.1) is 0 Å². The predicted molar refractivity (Wildman–Crippen MR) is 96.7 cm³/mol. The standard InChI is InChI=1S/C20H18N4O2/c1-2-7-18-17(6-1)21-13-24(18)11-14-4-3-5-15(10-14)19-22-20(26-23-19)16-8-9-25-12-16/h1-7,10,13,16H,8-9,11-12H2/t16-/m0/s1. The number of imidazole rings is 1. The number of hydrogen-bond acceptors (Lipinski definition) is 5. The third-order valence-electron chi connectivity index (χ3n) is 4.79. The highest BCUT2D eigenvalue weighted by atomic mass is 16.5. The molecule has 1 saturated heterocycles. The zero-order valence-electron chi connectivity index (χ0n) is 14.2. The average Bonchev–Trinajstić information content (AvgIpc) is 3.43. The van der Waals surface area contributed by atoms with Gasteiger partial charge in [-0.05, 0) is 30.2 Å². The van der Waals surface area contributed by atoms with E-state index in [0.717, 1.165) is 36.2 Å². The third kappa shape index (κ3) is 2.78. The highest BCUT2D eigenvalue weighted by Gasteiger charge is 2.24. The summed E-state index contributed by atoms with van der Waals surface area (Å²) in [6, 6.07) is 16.4. The van der Waals surface area contributed by atoms with Crippen LogP contribution in [-0.4, -0.2) is 32.9 Å². The number of hydrogen-bond donors (Lipinski definition) is 0. The van der Waals surface area contributed by atoms with Crippen molar-refractivity contribution in [1.82, 2.24) is 19.7 Å². The number of rotatable bonds is 4. The molecule has 0 spiro atoms. The first-order valence-electron chi connectivity index (χ1n) is 8.77. The SMILES string of the molecule is c1cc(Cn2cnc3ccccc32)cc(-c2noc([C@H]3CCOC3)n2)c1. The molecule has 6 nitrogen and oxygen atoms in total. The van der Waals surface area contributed by atoms with Gasteiger partial charge in [0.2, 0.25) is 11.7 Å². The van der Waals surface area contributed by atoms with Gasteiger partial charge in [-0.2, -0.15) is 4.98 Å². The molecule has 5 rings (SSSR count). The topological polar surface area (TPSA) is 66.0 Å². The molecule has 1 aliphatic heterocycles. The monoisotopic (exact) mass is 346 g/mol.